The van der Waals surface area contributed by atoms with Crippen molar-refractivity contribution in [3.05, 3.63) is 40.9 Å². The fraction of sp³-hybridized carbons (Fsp3) is 0.429. The zero-order valence-corrected chi connectivity index (χ0v) is 11.4. The number of nitrogens with one attached hydrogen (secondary N) is 1. The molecule has 0 aromatic heterocycles. The lowest BCUT2D eigenvalue weighted by atomic mass is 9.88. The van der Waals surface area contributed by atoms with E-state index in [0.717, 1.165) is 29.4 Å². The monoisotopic (exact) mass is 295 g/mol. The average molecular weight is 296 g/mol. The molecule has 2 atom stereocenters. The fourth-order valence-electron chi connectivity index (χ4n) is 2.26. The van der Waals surface area contributed by atoms with Crippen LogP contribution in [0, 0.1) is 5.92 Å². The number of hydrogen-bond donors (Lipinski definition) is 2. The molecular formula is C14H18BrNO. The van der Waals surface area contributed by atoms with Crippen molar-refractivity contribution >= 4 is 21.6 Å². The van der Waals surface area contributed by atoms with Gasteiger partial charge >= 0.3 is 0 Å². The molecule has 2 rings (SSSR count). The van der Waals surface area contributed by atoms with Crippen LogP contribution < -0.4 is 5.32 Å². The summed E-state index contributed by atoms with van der Waals surface area (Å²) in [6, 6.07) is 8.24. The lowest BCUT2D eigenvalue weighted by molar-refractivity contribution is 0.230. The first-order valence-electron chi connectivity index (χ1n) is 6.07. The SMILES string of the molecule is OCC(Nc1ccc(Br)cc1)C1CC=CCC1. The van der Waals surface area contributed by atoms with E-state index in [1.807, 2.05) is 24.3 Å². The van der Waals surface area contributed by atoms with Gasteiger partial charge in [-0.1, -0.05) is 28.1 Å². The highest BCUT2D eigenvalue weighted by atomic mass is 79.9. The van der Waals surface area contributed by atoms with E-state index >= 15 is 0 Å². The van der Waals surface area contributed by atoms with Crippen molar-refractivity contribution in [2.45, 2.75) is 25.3 Å². The van der Waals surface area contributed by atoms with E-state index in [1.54, 1.807) is 0 Å². The van der Waals surface area contributed by atoms with Crippen LogP contribution in [0.1, 0.15) is 19.3 Å². The van der Waals surface area contributed by atoms with Gasteiger partial charge in [0, 0.05) is 10.2 Å². The molecule has 0 heterocycles. The molecule has 0 amide bonds. The molecule has 17 heavy (non-hydrogen) atoms. The van der Waals surface area contributed by atoms with Gasteiger partial charge in [0.25, 0.3) is 0 Å². The number of allylic oxidation sites excluding steroid dienone is 2. The highest BCUT2D eigenvalue weighted by molar-refractivity contribution is 9.10. The Hall–Kier alpha value is -0.800. The van der Waals surface area contributed by atoms with Crippen LogP contribution in [0.2, 0.25) is 0 Å². The van der Waals surface area contributed by atoms with E-state index in [-0.39, 0.29) is 12.6 Å². The topological polar surface area (TPSA) is 32.3 Å². The van der Waals surface area contributed by atoms with Gasteiger partial charge in [0.1, 0.15) is 0 Å². The lowest BCUT2D eigenvalue weighted by Crippen LogP contribution is -2.33. The highest BCUT2D eigenvalue weighted by Gasteiger charge is 2.20. The molecule has 0 fully saturated rings. The van der Waals surface area contributed by atoms with Crippen molar-refractivity contribution in [1.29, 1.82) is 0 Å². The van der Waals surface area contributed by atoms with Crippen LogP contribution in [0.4, 0.5) is 5.69 Å². The molecular weight excluding hydrogens is 278 g/mol. The van der Waals surface area contributed by atoms with Crippen molar-refractivity contribution in [2.75, 3.05) is 11.9 Å². The maximum Gasteiger partial charge on any atom is 0.0635 e. The van der Waals surface area contributed by atoms with Gasteiger partial charge in [-0.15, -0.1) is 0 Å². The predicted octanol–water partition coefficient (Wildman–Crippen LogP) is 3.58. The van der Waals surface area contributed by atoms with Gasteiger partial charge in [0.2, 0.25) is 0 Å². The van der Waals surface area contributed by atoms with Crippen LogP contribution in [0.5, 0.6) is 0 Å². The molecule has 2 nitrogen and oxygen atoms in total. The molecule has 0 radical (unpaired) electrons. The Kier molecular flexibility index (Phi) is 4.63. The summed E-state index contributed by atoms with van der Waals surface area (Å²) in [5.41, 5.74) is 1.07. The van der Waals surface area contributed by atoms with Crippen LogP contribution in [0.25, 0.3) is 0 Å². The molecule has 0 aliphatic heterocycles. The molecule has 0 bridgehead atoms. The Morgan fingerprint density at radius 2 is 2.06 bits per heavy atom. The third-order valence-electron chi connectivity index (χ3n) is 3.27. The number of rotatable bonds is 4. The molecule has 92 valence electrons. The second-order valence-electron chi connectivity index (χ2n) is 4.48. The van der Waals surface area contributed by atoms with Gasteiger partial charge in [-0.2, -0.15) is 0 Å². The van der Waals surface area contributed by atoms with Gasteiger partial charge in [-0.3, -0.25) is 0 Å². The molecule has 0 saturated carbocycles. The number of aliphatic hydroxyl groups is 1. The van der Waals surface area contributed by atoms with E-state index in [4.69, 9.17) is 0 Å². The second-order valence-corrected chi connectivity index (χ2v) is 5.40. The van der Waals surface area contributed by atoms with E-state index in [2.05, 4.69) is 33.4 Å². The molecule has 0 saturated heterocycles. The Bertz CT molecular complexity index is 374. The summed E-state index contributed by atoms with van der Waals surface area (Å²) in [4.78, 5) is 0. The van der Waals surface area contributed by atoms with Gasteiger partial charge in [0.15, 0.2) is 0 Å². The summed E-state index contributed by atoms with van der Waals surface area (Å²) >= 11 is 3.42. The minimum absolute atomic E-state index is 0.154. The Balaban J connectivity index is 1.99. The van der Waals surface area contributed by atoms with Gasteiger partial charge in [0.05, 0.1) is 12.6 Å². The highest BCUT2D eigenvalue weighted by Crippen LogP contribution is 2.24. The number of anilines is 1. The van der Waals surface area contributed by atoms with E-state index in [9.17, 15) is 5.11 Å². The van der Waals surface area contributed by atoms with E-state index in [1.165, 1.54) is 0 Å². The van der Waals surface area contributed by atoms with Crippen LogP contribution in [-0.4, -0.2) is 17.8 Å². The average Bonchev–Trinajstić information content (AvgIpc) is 2.39. The number of aliphatic hydroxyl groups excluding tert-OH is 1. The zero-order valence-electron chi connectivity index (χ0n) is 9.77. The summed E-state index contributed by atoms with van der Waals surface area (Å²) in [6.45, 7) is 0.189. The Morgan fingerprint density at radius 1 is 1.29 bits per heavy atom. The quantitative estimate of drug-likeness (QED) is 0.832. The summed E-state index contributed by atoms with van der Waals surface area (Å²) in [6.07, 6.45) is 7.80. The predicted molar refractivity (Wildman–Crippen MR) is 75.1 cm³/mol. The third kappa shape index (κ3) is 3.58. The summed E-state index contributed by atoms with van der Waals surface area (Å²) in [5, 5.41) is 12.9. The molecule has 1 aliphatic rings. The van der Waals surface area contributed by atoms with Crippen molar-refractivity contribution < 1.29 is 5.11 Å². The maximum atomic E-state index is 9.50. The van der Waals surface area contributed by atoms with Crippen LogP contribution in [0.15, 0.2) is 40.9 Å². The first-order valence-corrected chi connectivity index (χ1v) is 6.87. The Labute approximate surface area is 111 Å². The van der Waals surface area contributed by atoms with Crippen LogP contribution in [0.3, 0.4) is 0 Å². The van der Waals surface area contributed by atoms with Crippen molar-refractivity contribution in [3.8, 4) is 0 Å². The fourth-order valence-corrected chi connectivity index (χ4v) is 2.52. The first-order chi connectivity index (χ1) is 8.29. The summed E-state index contributed by atoms with van der Waals surface area (Å²) < 4.78 is 1.07. The lowest BCUT2D eigenvalue weighted by Gasteiger charge is -2.28. The maximum absolute atomic E-state index is 9.50. The zero-order chi connectivity index (χ0) is 12.1. The molecule has 1 aromatic carbocycles. The largest absolute Gasteiger partial charge is 0.394 e. The number of benzene rings is 1. The van der Waals surface area contributed by atoms with Gasteiger partial charge < -0.3 is 10.4 Å². The minimum Gasteiger partial charge on any atom is -0.394 e. The minimum atomic E-state index is 0.154. The van der Waals surface area contributed by atoms with Crippen LogP contribution in [-0.2, 0) is 0 Å². The number of halogens is 1. The molecule has 1 aromatic rings. The van der Waals surface area contributed by atoms with Crippen molar-refractivity contribution in [2.24, 2.45) is 5.92 Å². The molecule has 0 spiro atoms. The molecule has 1 aliphatic carbocycles. The van der Waals surface area contributed by atoms with Crippen molar-refractivity contribution in [3.63, 3.8) is 0 Å². The molecule has 3 heteroatoms. The van der Waals surface area contributed by atoms with Crippen LogP contribution >= 0.6 is 15.9 Å². The van der Waals surface area contributed by atoms with E-state index in [0.29, 0.717) is 5.92 Å². The summed E-state index contributed by atoms with van der Waals surface area (Å²) in [5.74, 6) is 0.536. The van der Waals surface area contributed by atoms with Gasteiger partial charge in [-0.05, 0) is 49.4 Å². The standard InChI is InChI=1S/C14H18BrNO/c15-12-6-8-13(9-7-12)16-14(10-17)11-4-2-1-3-5-11/h1-2,6-9,11,14,16-17H,3-5,10H2. The molecule has 2 unspecified atom stereocenters. The third-order valence-corrected chi connectivity index (χ3v) is 3.80. The number of hydrogen-bond acceptors (Lipinski definition) is 2. The smallest absolute Gasteiger partial charge is 0.0635 e. The van der Waals surface area contributed by atoms with E-state index < -0.39 is 0 Å². The Morgan fingerprint density at radius 3 is 2.65 bits per heavy atom. The summed E-state index contributed by atoms with van der Waals surface area (Å²) in [7, 11) is 0. The molecule has 2 N–H and O–H groups in total. The second kappa shape index (κ2) is 6.22. The first kappa shape index (κ1) is 12.7. The van der Waals surface area contributed by atoms with Gasteiger partial charge in [-0.25, -0.2) is 0 Å². The normalized spacial score (nSPS) is 21.2. The van der Waals surface area contributed by atoms with Crippen molar-refractivity contribution in [1.82, 2.24) is 0 Å².